The lowest BCUT2D eigenvalue weighted by Gasteiger charge is -2.07. The number of ether oxygens (including phenoxy) is 1. The summed E-state index contributed by atoms with van der Waals surface area (Å²) in [4.78, 5) is 3.94. The van der Waals surface area contributed by atoms with Gasteiger partial charge in [0, 0.05) is 18.9 Å². The molecule has 114 valence electrons. The molecule has 7 heteroatoms. The maximum Gasteiger partial charge on any atom is 0.168 e. The molecular weight excluding hydrogens is 292 g/mol. The number of aromatic nitrogens is 3. The maximum absolute atomic E-state index is 9.01. The standard InChI is InChI=1S/C16H14N6O/c17-9-14-15(18)21-22-16(14)20-10-11-1-3-12(4-2-11)23-13-5-7-19-8-6-13/h1-8H,10H2,(H4,18,20,21,22). The van der Waals surface area contributed by atoms with Crippen molar-refractivity contribution in [1.82, 2.24) is 15.2 Å². The van der Waals surface area contributed by atoms with Gasteiger partial charge < -0.3 is 15.8 Å². The molecule has 3 aromatic rings. The molecule has 0 unspecified atom stereocenters. The van der Waals surface area contributed by atoms with Crippen molar-refractivity contribution in [3.05, 3.63) is 59.9 Å². The second-order valence-electron chi connectivity index (χ2n) is 4.76. The molecule has 0 saturated carbocycles. The lowest BCUT2D eigenvalue weighted by atomic mass is 10.2. The van der Waals surface area contributed by atoms with Crippen LogP contribution >= 0.6 is 0 Å². The van der Waals surface area contributed by atoms with Crippen molar-refractivity contribution in [2.24, 2.45) is 0 Å². The Hall–Kier alpha value is -3.53. The number of nitriles is 1. The number of nitrogens with zero attached hydrogens (tertiary/aromatic N) is 3. The van der Waals surface area contributed by atoms with Gasteiger partial charge in [0.15, 0.2) is 5.82 Å². The van der Waals surface area contributed by atoms with Gasteiger partial charge in [0.25, 0.3) is 0 Å². The number of aromatic amines is 1. The minimum Gasteiger partial charge on any atom is -0.457 e. The molecule has 0 saturated heterocycles. The molecule has 0 aliphatic carbocycles. The van der Waals surface area contributed by atoms with Crippen LogP contribution in [0.25, 0.3) is 0 Å². The number of benzene rings is 1. The minimum atomic E-state index is 0.260. The lowest BCUT2D eigenvalue weighted by Crippen LogP contribution is -2.01. The van der Waals surface area contributed by atoms with E-state index in [-0.39, 0.29) is 5.82 Å². The number of nitrogen functional groups attached to an aromatic ring is 1. The van der Waals surface area contributed by atoms with Crippen molar-refractivity contribution >= 4 is 11.6 Å². The molecule has 0 spiro atoms. The number of nitrogens with two attached hydrogens (primary N) is 1. The van der Waals surface area contributed by atoms with Crippen molar-refractivity contribution in [2.75, 3.05) is 11.1 Å². The van der Waals surface area contributed by atoms with E-state index in [9.17, 15) is 0 Å². The molecule has 23 heavy (non-hydrogen) atoms. The zero-order valence-electron chi connectivity index (χ0n) is 12.2. The van der Waals surface area contributed by atoms with Crippen LogP contribution in [0.2, 0.25) is 0 Å². The first-order chi connectivity index (χ1) is 11.3. The topological polar surface area (TPSA) is 113 Å². The van der Waals surface area contributed by atoms with Crippen LogP contribution in [0.5, 0.6) is 11.5 Å². The molecule has 0 aliphatic heterocycles. The second kappa shape index (κ2) is 6.49. The number of rotatable bonds is 5. The highest BCUT2D eigenvalue weighted by atomic mass is 16.5. The summed E-state index contributed by atoms with van der Waals surface area (Å²) < 4.78 is 5.70. The Bertz CT molecular complexity index is 820. The minimum absolute atomic E-state index is 0.260. The van der Waals surface area contributed by atoms with Crippen LogP contribution in [0.1, 0.15) is 11.1 Å². The zero-order chi connectivity index (χ0) is 16.1. The monoisotopic (exact) mass is 306 g/mol. The fourth-order valence-electron chi connectivity index (χ4n) is 2.00. The summed E-state index contributed by atoms with van der Waals surface area (Å²) in [6, 6.07) is 13.2. The molecule has 3 rings (SSSR count). The fraction of sp³-hybridized carbons (Fsp3) is 0.0625. The fourth-order valence-corrected chi connectivity index (χ4v) is 2.00. The van der Waals surface area contributed by atoms with Crippen LogP contribution in [-0.2, 0) is 6.54 Å². The van der Waals surface area contributed by atoms with Gasteiger partial charge in [-0.3, -0.25) is 10.1 Å². The van der Waals surface area contributed by atoms with E-state index in [4.69, 9.17) is 15.7 Å². The first kappa shape index (κ1) is 14.4. The smallest absolute Gasteiger partial charge is 0.168 e. The van der Waals surface area contributed by atoms with Gasteiger partial charge in [0.2, 0.25) is 0 Å². The Labute approximate surface area is 132 Å². The number of H-pyrrole nitrogens is 1. The van der Waals surface area contributed by atoms with Crippen LogP contribution < -0.4 is 15.8 Å². The van der Waals surface area contributed by atoms with Crippen molar-refractivity contribution < 1.29 is 4.74 Å². The predicted molar refractivity (Wildman–Crippen MR) is 85.8 cm³/mol. The zero-order valence-corrected chi connectivity index (χ0v) is 12.2. The first-order valence-electron chi connectivity index (χ1n) is 6.91. The van der Waals surface area contributed by atoms with E-state index >= 15 is 0 Å². The third kappa shape index (κ3) is 3.39. The molecule has 4 N–H and O–H groups in total. The number of anilines is 2. The van der Waals surface area contributed by atoms with Crippen LogP contribution in [-0.4, -0.2) is 15.2 Å². The van der Waals surface area contributed by atoms with Gasteiger partial charge in [0.1, 0.15) is 28.9 Å². The van der Waals surface area contributed by atoms with E-state index in [0.29, 0.717) is 17.9 Å². The summed E-state index contributed by atoms with van der Waals surface area (Å²) >= 11 is 0. The van der Waals surface area contributed by atoms with Crippen molar-refractivity contribution in [2.45, 2.75) is 6.54 Å². The molecule has 0 radical (unpaired) electrons. The van der Waals surface area contributed by atoms with Crippen LogP contribution in [0.4, 0.5) is 11.6 Å². The van der Waals surface area contributed by atoms with E-state index in [2.05, 4.69) is 20.5 Å². The Morgan fingerprint density at radius 3 is 2.52 bits per heavy atom. The van der Waals surface area contributed by atoms with Crippen LogP contribution in [0, 0.1) is 11.3 Å². The Balaban J connectivity index is 1.63. The summed E-state index contributed by atoms with van der Waals surface area (Å²) in [5, 5.41) is 18.6. The van der Waals surface area contributed by atoms with Crippen LogP contribution in [0.15, 0.2) is 48.8 Å². The summed E-state index contributed by atoms with van der Waals surface area (Å²) in [5.41, 5.74) is 6.96. The molecular formula is C16H14N6O. The number of hydrogen-bond donors (Lipinski definition) is 3. The maximum atomic E-state index is 9.01. The molecule has 2 aromatic heterocycles. The average Bonchev–Trinajstić information content (AvgIpc) is 2.95. The molecule has 7 nitrogen and oxygen atoms in total. The predicted octanol–water partition coefficient (Wildman–Crippen LogP) is 2.66. The van der Waals surface area contributed by atoms with Crippen molar-refractivity contribution in [1.29, 1.82) is 5.26 Å². The highest BCUT2D eigenvalue weighted by Crippen LogP contribution is 2.22. The Morgan fingerprint density at radius 1 is 1.13 bits per heavy atom. The summed E-state index contributed by atoms with van der Waals surface area (Å²) in [7, 11) is 0. The second-order valence-corrected chi connectivity index (χ2v) is 4.76. The van der Waals surface area contributed by atoms with Gasteiger partial charge in [-0.15, -0.1) is 0 Å². The highest BCUT2D eigenvalue weighted by molar-refractivity contribution is 5.62. The molecule has 2 heterocycles. The number of nitrogens with one attached hydrogen (secondary N) is 2. The van der Waals surface area contributed by atoms with Gasteiger partial charge in [-0.2, -0.15) is 10.4 Å². The Kier molecular flexibility index (Phi) is 4.07. The molecule has 1 aromatic carbocycles. The van der Waals surface area contributed by atoms with Crippen molar-refractivity contribution in [3.63, 3.8) is 0 Å². The van der Waals surface area contributed by atoms with E-state index in [1.54, 1.807) is 24.5 Å². The largest absolute Gasteiger partial charge is 0.457 e. The normalized spacial score (nSPS) is 10.0. The molecule has 0 amide bonds. The van der Waals surface area contributed by atoms with Crippen LogP contribution in [0.3, 0.4) is 0 Å². The van der Waals surface area contributed by atoms with Gasteiger partial charge in [-0.1, -0.05) is 12.1 Å². The molecule has 0 fully saturated rings. The van der Waals surface area contributed by atoms with Crippen molar-refractivity contribution in [3.8, 4) is 17.6 Å². The van der Waals surface area contributed by atoms with Gasteiger partial charge >= 0.3 is 0 Å². The molecule has 0 aliphatic rings. The summed E-state index contributed by atoms with van der Waals surface area (Å²) in [6.45, 7) is 0.522. The lowest BCUT2D eigenvalue weighted by molar-refractivity contribution is 0.482. The van der Waals surface area contributed by atoms with E-state index < -0.39 is 0 Å². The Morgan fingerprint density at radius 2 is 1.83 bits per heavy atom. The van der Waals surface area contributed by atoms with E-state index in [0.717, 1.165) is 17.1 Å². The third-order valence-corrected chi connectivity index (χ3v) is 3.17. The summed E-state index contributed by atoms with van der Waals surface area (Å²) in [6.07, 6.45) is 3.35. The highest BCUT2D eigenvalue weighted by Gasteiger charge is 2.09. The first-order valence-corrected chi connectivity index (χ1v) is 6.91. The third-order valence-electron chi connectivity index (χ3n) is 3.17. The molecule has 0 bridgehead atoms. The van der Waals surface area contributed by atoms with Gasteiger partial charge in [-0.25, -0.2) is 0 Å². The SMILES string of the molecule is N#Cc1c(NCc2ccc(Oc3ccncc3)cc2)n[nH]c1N. The quantitative estimate of drug-likeness (QED) is 0.668. The average molecular weight is 306 g/mol. The number of hydrogen-bond acceptors (Lipinski definition) is 6. The van der Waals surface area contributed by atoms with Gasteiger partial charge in [-0.05, 0) is 29.8 Å². The number of pyridine rings is 1. The van der Waals surface area contributed by atoms with E-state index in [1.807, 2.05) is 30.3 Å². The van der Waals surface area contributed by atoms with Gasteiger partial charge in [0.05, 0.1) is 0 Å². The molecule has 0 atom stereocenters. The van der Waals surface area contributed by atoms with E-state index in [1.165, 1.54) is 0 Å². The summed E-state index contributed by atoms with van der Waals surface area (Å²) in [5.74, 6) is 2.18.